The summed E-state index contributed by atoms with van der Waals surface area (Å²) < 4.78 is 84.4. The fraction of sp³-hybridized carbons (Fsp3) is 0.318. The number of aliphatic hydroxyl groups is 1. The summed E-state index contributed by atoms with van der Waals surface area (Å²) in [5.41, 5.74) is -2.79. The van der Waals surface area contributed by atoms with Gasteiger partial charge in [-0.1, -0.05) is 0 Å². The van der Waals surface area contributed by atoms with Gasteiger partial charge in [0.15, 0.2) is 12.2 Å². The first-order chi connectivity index (χ1) is 16.8. The summed E-state index contributed by atoms with van der Waals surface area (Å²) in [6.45, 7) is -0.560. The number of aliphatic hydroxyl groups excluding tert-OH is 1. The molecule has 1 saturated heterocycles. The van der Waals surface area contributed by atoms with Gasteiger partial charge in [-0.05, 0) is 42.0 Å². The van der Waals surface area contributed by atoms with Crippen molar-refractivity contribution in [3.8, 4) is 0 Å². The summed E-state index contributed by atoms with van der Waals surface area (Å²) in [7, 11) is 0. The van der Waals surface area contributed by atoms with Crippen LogP contribution in [0.4, 0.5) is 37.7 Å². The van der Waals surface area contributed by atoms with Gasteiger partial charge in [-0.25, -0.2) is 0 Å². The van der Waals surface area contributed by atoms with Crippen LogP contribution in [0.2, 0.25) is 0 Å². The zero-order valence-electron chi connectivity index (χ0n) is 18.0. The Labute approximate surface area is 198 Å². The number of amides is 3. The molecular formula is C22H17F6N3O5. The van der Waals surface area contributed by atoms with Crippen LogP contribution in [0.15, 0.2) is 36.4 Å². The molecule has 2 aromatic carbocycles. The SMILES string of the molecule is O=C1NCc2cc(NC(=O)[C@H](O)[C@H]3OCCN(c4cc(C(F)(F)F)cc(C(F)(F)F)c4)C3=O)ccc21. The van der Waals surface area contributed by atoms with Crippen molar-refractivity contribution >= 4 is 29.1 Å². The highest BCUT2D eigenvalue weighted by Crippen LogP contribution is 2.39. The van der Waals surface area contributed by atoms with Gasteiger partial charge in [0.2, 0.25) is 0 Å². The van der Waals surface area contributed by atoms with Crippen LogP contribution in [-0.2, 0) is 33.2 Å². The second-order valence-corrected chi connectivity index (χ2v) is 8.03. The Kier molecular flexibility index (Phi) is 6.43. The average Bonchev–Trinajstić information content (AvgIpc) is 3.17. The maximum Gasteiger partial charge on any atom is 0.416 e. The number of alkyl halides is 6. The number of benzene rings is 2. The first-order valence-electron chi connectivity index (χ1n) is 10.4. The van der Waals surface area contributed by atoms with E-state index in [1.165, 1.54) is 18.2 Å². The van der Waals surface area contributed by atoms with Crippen molar-refractivity contribution in [1.29, 1.82) is 0 Å². The van der Waals surface area contributed by atoms with E-state index in [0.717, 1.165) is 0 Å². The summed E-state index contributed by atoms with van der Waals surface area (Å²) in [5.74, 6) is -2.60. The third kappa shape index (κ3) is 4.99. The number of carbonyl (C=O) groups excluding carboxylic acids is 3. The summed E-state index contributed by atoms with van der Waals surface area (Å²) >= 11 is 0. The number of carbonyl (C=O) groups is 3. The van der Waals surface area contributed by atoms with Crippen LogP contribution >= 0.6 is 0 Å². The molecule has 2 aromatic rings. The lowest BCUT2D eigenvalue weighted by Crippen LogP contribution is -2.55. The first kappa shape index (κ1) is 25.4. The predicted molar refractivity (Wildman–Crippen MR) is 111 cm³/mol. The Bertz CT molecular complexity index is 1200. The van der Waals surface area contributed by atoms with Crippen molar-refractivity contribution in [1.82, 2.24) is 5.32 Å². The molecule has 2 aliphatic rings. The van der Waals surface area contributed by atoms with Gasteiger partial charge in [-0.3, -0.25) is 14.4 Å². The Morgan fingerprint density at radius 3 is 2.31 bits per heavy atom. The second-order valence-electron chi connectivity index (χ2n) is 8.03. The molecule has 14 heteroatoms. The fourth-order valence-corrected chi connectivity index (χ4v) is 3.85. The average molecular weight is 517 g/mol. The quantitative estimate of drug-likeness (QED) is 0.541. The van der Waals surface area contributed by atoms with E-state index in [1.54, 1.807) is 0 Å². The fourth-order valence-electron chi connectivity index (χ4n) is 3.85. The third-order valence-electron chi connectivity index (χ3n) is 5.62. The lowest BCUT2D eigenvalue weighted by atomic mass is 10.0. The van der Waals surface area contributed by atoms with E-state index in [0.29, 0.717) is 28.2 Å². The number of nitrogens with zero attached hydrogens (tertiary/aromatic N) is 1. The Morgan fingerprint density at radius 2 is 1.69 bits per heavy atom. The lowest BCUT2D eigenvalue weighted by molar-refractivity contribution is -0.150. The minimum atomic E-state index is -5.12. The van der Waals surface area contributed by atoms with E-state index in [1.807, 2.05) is 0 Å². The van der Waals surface area contributed by atoms with Crippen molar-refractivity contribution in [2.45, 2.75) is 31.1 Å². The van der Waals surface area contributed by atoms with Gasteiger partial charge in [0.05, 0.1) is 17.7 Å². The van der Waals surface area contributed by atoms with Crippen LogP contribution in [0.5, 0.6) is 0 Å². The summed E-state index contributed by atoms with van der Waals surface area (Å²) in [6, 6.07) is 4.97. The third-order valence-corrected chi connectivity index (χ3v) is 5.62. The summed E-state index contributed by atoms with van der Waals surface area (Å²) in [4.78, 5) is 37.7. The first-order valence-corrected chi connectivity index (χ1v) is 10.4. The minimum absolute atomic E-state index is 0.0755. The summed E-state index contributed by atoms with van der Waals surface area (Å²) in [5, 5.41) is 15.4. The monoisotopic (exact) mass is 517 g/mol. The maximum absolute atomic E-state index is 13.2. The molecule has 4 rings (SSSR count). The number of ether oxygens (including phenoxy) is 1. The molecule has 3 N–H and O–H groups in total. The molecular weight excluding hydrogens is 500 g/mol. The number of anilines is 2. The highest BCUT2D eigenvalue weighted by molar-refractivity contribution is 6.04. The van der Waals surface area contributed by atoms with Gasteiger partial charge in [0.25, 0.3) is 17.7 Å². The van der Waals surface area contributed by atoms with Crippen molar-refractivity contribution in [3.63, 3.8) is 0 Å². The molecule has 0 unspecified atom stereocenters. The van der Waals surface area contributed by atoms with E-state index in [2.05, 4.69) is 10.6 Å². The van der Waals surface area contributed by atoms with Crippen LogP contribution in [0.3, 0.4) is 0 Å². The number of nitrogens with one attached hydrogen (secondary N) is 2. The molecule has 3 amide bonds. The molecule has 0 aliphatic carbocycles. The number of morpholine rings is 1. The molecule has 36 heavy (non-hydrogen) atoms. The molecule has 192 valence electrons. The summed E-state index contributed by atoms with van der Waals surface area (Å²) in [6.07, 6.45) is -14.3. The van der Waals surface area contributed by atoms with Gasteiger partial charge in [0, 0.05) is 30.0 Å². The van der Waals surface area contributed by atoms with E-state index >= 15 is 0 Å². The van der Waals surface area contributed by atoms with E-state index in [4.69, 9.17) is 4.74 Å². The largest absolute Gasteiger partial charge is 0.416 e. The molecule has 2 heterocycles. The molecule has 8 nitrogen and oxygen atoms in total. The molecule has 0 bridgehead atoms. The Hall–Kier alpha value is -3.65. The Balaban J connectivity index is 1.55. The molecule has 0 saturated carbocycles. The minimum Gasteiger partial charge on any atom is -0.380 e. The molecule has 2 atom stereocenters. The van der Waals surface area contributed by atoms with Crippen LogP contribution in [0, 0.1) is 0 Å². The van der Waals surface area contributed by atoms with Crippen LogP contribution < -0.4 is 15.5 Å². The zero-order chi connectivity index (χ0) is 26.4. The maximum atomic E-state index is 13.2. The second kappa shape index (κ2) is 9.09. The van der Waals surface area contributed by atoms with Crippen molar-refractivity contribution in [2.75, 3.05) is 23.4 Å². The topological polar surface area (TPSA) is 108 Å². The van der Waals surface area contributed by atoms with Crippen LogP contribution in [0.25, 0.3) is 0 Å². The van der Waals surface area contributed by atoms with Crippen molar-refractivity contribution < 1.29 is 50.6 Å². The standard InChI is InChI=1S/C22H17F6N3O5/c23-21(24,25)11-6-12(22(26,27)28)8-14(7-11)31-3-4-36-17(20(31)35)16(32)19(34)30-13-1-2-15-10(5-13)9-29-18(15)33/h1-2,5-8,16-17,32H,3-4,9H2,(H,29,33)(H,30,34)/t16-,17-/m1/s1. The normalized spacial score (nSPS) is 19.1. The number of fused-ring (bicyclic) bond motifs is 1. The van der Waals surface area contributed by atoms with Crippen molar-refractivity contribution in [2.24, 2.45) is 0 Å². The van der Waals surface area contributed by atoms with Gasteiger partial charge >= 0.3 is 12.4 Å². The van der Waals surface area contributed by atoms with E-state index < -0.39 is 59.7 Å². The van der Waals surface area contributed by atoms with Gasteiger partial charge in [-0.15, -0.1) is 0 Å². The van der Waals surface area contributed by atoms with Crippen LogP contribution in [0.1, 0.15) is 27.0 Å². The number of hydrogen-bond donors (Lipinski definition) is 3. The highest BCUT2D eigenvalue weighted by Gasteiger charge is 2.42. The molecule has 0 spiro atoms. The molecule has 0 aromatic heterocycles. The van der Waals surface area contributed by atoms with Crippen LogP contribution in [-0.4, -0.2) is 48.2 Å². The van der Waals surface area contributed by atoms with Gasteiger partial charge < -0.3 is 25.4 Å². The molecule has 2 aliphatic heterocycles. The number of rotatable bonds is 4. The number of hydrogen-bond acceptors (Lipinski definition) is 5. The zero-order valence-corrected chi connectivity index (χ0v) is 18.0. The van der Waals surface area contributed by atoms with Crippen molar-refractivity contribution in [3.05, 3.63) is 58.7 Å². The van der Waals surface area contributed by atoms with E-state index in [-0.39, 0.29) is 30.8 Å². The smallest absolute Gasteiger partial charge is 0.380 e. The number of halogens is 6. The molecule has 1 fully saturated rings. The van der Waals surface area contributed by atoms with Gasteiger partial charge in [-0.2, -0.15) is 26.3 Å². The van der Waals surface area contributed by atoms with E-state index in [9.17, 15) is 45.8 Å². The Morgan fingerprint density at radius 1 is 1.06 bits per heavy atom. The highest BCUT2D eigenvalue weighted by atomic mass is 19.4. The lowest BCUT2D eigenvalue weighted by Gasteiger charge is -2.34. The predicted octanol–water partition coefficient (Wildman–Crippen LogP) is 2.70. The van der Waals surface area contributed by atoms with Gasteiger partial charge in [0.1, 0.15) is 0 Å². The molecule has 0 radical (unpaired) electrons.